The fourth-order valence-corrected chi connectivity index (χ4v) is 6.14. The Morgan fingerprint density at radius 1 is 1.10 bits per heavy atom. The van der Waals surface area contributed by atoms with Gasteiger partial charge in [-0.25, -0.2) is 8.42 Å². The number of piperazine rings is 1. The standard InChI is InChI=1S/C21H29N3O5S2/c1-30-13-7-18(22-19(25)16-5-3-2-4-6-16)21(27)24-11-9-23(10-12-24)20(26)17-8-14-31(28,29)15-17/h2-6,17-18H,7-15H2,1H3,(H,22,25)/t17-,18-/m0/s1. The van der Waals surface area contributed by atoms with Gasteiger partial charge in [0.15, 0.2) is 9.84 Å². The zero-order chi connectivity index (χ0) is 22.4. The van der Waals surface area contributed by atoms with E-state index in [1.165, 1.54) is 0 Å². The van der Waals surface area contributed by atoms with E-state index in [-0.39, 0.29) is 29.2 Å². The third kappa shape index (κ3) is 6.22. The molecule has 0 saturated carbocycles. The number of nitrogens with zero attached hydrogens (tertiary/aromatic N) is 2. The summed E-state index contributed by atoms with van der Waals surface area (Å²) < 4.78 is 23.3. The van der Waals surface area contributed by atoms with Gasteiger partial charge in [-0.05, 0) is 37.0 Å². The molecule has 2 heterocycles. The van der Waals surface area contributed by atoms with Gasteiger partial charge in [0.25, 0.3) is 5.91 Å². The topological polar surface area (TPSA) is 104 Å². The molecule has 3 rings (SSSR count). The molecule has 31 heavy (non-hydrogen) atoms. The summed E-state index contributed by atoms with van der Waals surface area (Å²) in [4.78, 5) is 41.7. The summed E-state index contributed by atoms with van der Waals surface area (Å²) in [6.07, 6.45) is 2.86. The van der Waals surface area contributed by atoms with E-state index >= 15 is 0 Å². The number of rotatable bonds is 7. The number of carbonyl (C=O) groups excluding carboxylic acids is 3. The summed E-state index contributed by atoms with van der Waals surface area (Å²) in [5.41, 5.74) is 0.506. The second-order valence-electron chi connectivity index (χ2n) is 7.92. The van der Waals surface area contributed by atoms with E-state index < -0.39 is 21.8 Å². The Morgan fingerprint density at radius 2 is 1.74 bits per heavy atom. The molecule has 2 aliphatic rings. The van der Waals surface area contributed by atoms with Crippen molar-refractivity contribution in [2.24, 2.45) is 5.92 Å². The first-order valence-electron chi connectivity index (χ1n) is 10.4. The van der Waals surface area contributed by atoms with E-state index in [9.17, 15) is 22.8 Å². The lowest BCUT2D eigenvalue weighted by atomic mass is 10.1. The number of hydrogen-bond donors (Lipinski definition) is 1. The van der Waals surface area contributed by atoms with E-state index in [1.54, 1.807) is 45.8 Å². The van der Waals surface area contributed by atoms with Crippen molar-refractivity contribution in [3.05, 3.63) is 35.9 Å². The zero-order valence-electron chi connectivity index (χ0n) is 17.7. The van der Waals surface area contributed by atoms with Crippen molar-refractivity contribution in [3.8, 4) is 0 Å². The SMILES string of the molecule is CSCC[C@H](NC(=O)c1ccccc1)C(=O)N1CCN(C(=O)[C@H]2CCS(=O)(=O)C2)CC1. The van der Waals surface area contributed by atoms with Crippen molar-refractivity contribution < 1.29 is 22.8 Å². The van der Waals surface area contributed by atoms with Crippen molar-refractivity contribution in [1.29, 1.82) is 0 Å². The fraction of sp³-hybridized carbons (Fsp3) is 0.571. The molecule has 2 fully saturated rings. The monoisotopic (exact) mass is 467 g/mol. The maximum atomic E-state index is 13.1. The largest absolute Gasteiger partial charge is 0.340 e. The number of amides is 3. The molecular formula is C21H29N3O5S2. The minimum Gasteiger partial charge on any atom is -0.340 e. The van der Waals surface area contributed by atoms with Crippen molar-refractivity contribution in [2.75, 3.05) is 49.7 Å². The van der Waals surface area contributed by atoms with Gasteiger partial charge in [0.2, 0.25) is 11.8 Å². The van der Waals surface area contributed by atoms with E-state index in [0.29, 0.717) is 44.6 Å². The highest BCUT2D eigenvalue weighted by atomic mass is 32.2. The maximum Gasteiger partial charge on any atom is 0.251 e. The third-order valence-electron chi connectivity index (χ3n) is 5.73. The van der Waals surface area contributed by atoms with E-state index in [4.69, 9.17) is 0 Å². The fourth-order valence-electron chi connectivity index (χ4n) is 3.94. The number of sulfone groups is 1. The Bertz CT molecular complexity index is 899. The minimum absolute atomic E-state index is 0.0695. The van der Waals surface area contributed by atoms with Crippen LogP contribution in [0.3, 0.4) is 0 Å². The summed E-state index contributed by atoms with van der Waals surface area (Å²) in [6, 6.07) is 8.17. The minimum atomic E-state index is -3.11. The van der Waals surface area contributed by atoms with Crippen LogP contribution < -0.4 is 5.32 Å². The Balaban J connectivity index is 1.57. The van der Waals surface area contributed by atoms with Gasteiger partial charge < -0.3 is 15.1 Å². The van der Waals surface area contributed by atoms with Crippen LogP contribution in [-0.4, -0.2) is 91.7 Å². The Morgan fingerprint density at radius 3 is 2.32 bits per heavy atom. The Kier molecular flexibility index (Phi) is 7.99. The smallest absolute Gasteiger partial charge is 0.251 e. The molecule has 10 heteroatoms. The van der Waals surface area contributed by atoms with Gasteiger partial charge in [0, 0.05) is 31.7 Å². The molecule has 0 spiro atoms. The van der Waals surface area contributed by atoms with Crippen LogP contribution in [0.2, 0.25) is 0 Å². The quantitative estimate of drug-likeness (QED) is 0.631. The normalized spacial score (nSPS) is 21.5. The summed E-state index contributed by atoms with van der Waals surface area (Å²) in [6.45, 7) is 1.51. The molecule has 2 saturated heterocycles. The molecule has 3 amide bonds. The van der Waals surface area contributed by atoms with Gasteiger partial charge in [-0.2, -0.15) is 11.8 Å². The second-order valence-corrected chi connectivity index (χ2v) is 11.1. The molecule has 0 aromatic heterocycles. The summed E-state index contributed by atoms with van der Waals surface area (Å²) in [5, 5.41) is 2.86. The predicted molar refractivity (Wildman–Crippen MR) is 121 cm³/mol. The number of thioether (sulfide) groups is 1. The highest BCUT2D eigenvalue weighted by Crippen LogP contribution is 2.21. The molecule has 170 valence electrons. The van der Waals surface area contributed by atoms with Crippen molar-refractivity contribution >= 4 is 39.3 Å². The van der Waals surface area contributed by atoms with Gasteiger partial charge in [-0.15, -0.1) is 0 Å². The van der Waals surface area contributed by atoms with Crippen molar-refractivity contribution in [3.63, 3.8) is 0 Å². The maximum absolute atomic E-state index is 13.1. The van der Waals surface area contributed by atoms with Crippen LogP contribution in [0.1, 0.15) is 23.2 Å². The lowest BCUT2D eigenvalue weighted by molar-refractivity contribution is -0.142. The van der Waals surface area contributed by atoms with E-state index in [1.807, 2.05) is 12.3 Å². The number of hydrogen-bond acceptors (Lipinski definition) is 6. The first-order chi connectivity index (χ1) is 14.8. The molecule has 0 aliphatic carbocycles. The highest BCUT2D eigenvalue weighted by Gasteiger charge is 2.37. The molecule has 0 bridgehead atoms. The Labute approximate surface area is 187 Å². The van der Waals surface area contributed by atoms with Crippen LogP contribution in [0.25, 0.3) is 0 Å². The summed E-state index contributed by atoms with van der Waals surface area (Å²) >= 11 is 1.61. The predicted octanol–water partition coefficient (Wildman–Crippen LogP) is 0.644. The average Bonchev–Trinajstić information content (AvgIpc) is 3.15. The number of nitrogens with one attached hydrogen (secondary N) is 1. The first-order valence-corrected chi connectivity index (χ1v) is 13.6. The van der Waals surface area contributed by atoms with Gasteiger partial charge in [-0.1, -0.05) is 18.2 Å². The summed E-state index contributed by atoms with van der Waals surface area (Å²) in [7, 11) is -3.11. The lowest BCUT2D eigenvalue weighted by Gasteiger charge is -2.37. The van der Waals surface area contributed by atoms with Crippen LogP contribution in [-0.2, 0) is 19.4 Å². The Hall–Kier alpha value is -2.07. The van der Waals surface area contributed by atoms with Crippen molar-refractivity contribution in [2.45, 2.75) is 18.9 Å². The van der Waals surface area contributed by atoms with Crippen LogP contribution in [0.5, 0.6) is 0 Å². The lowest BCUT2D eigenvalue weighted by Crippen LogP contribution is -2.56. The first kappa shape index (κ1) is 23.6. The second kappa shape index (κ2) is 10.5. The zero-order valence-corrected chi connectivity index (χ0v) is 19.3. The molecule has 1 N–H and O–H groups in total. The molecule has 2 aliphatic heterocycles. The molecule has 0 unspecified atom stereocenters. The molecule has 0 radical (unpaired) electrons. The van der Waals surface area contributed by atoms with Crippen LogP contribution in [0, 0.1) is 5.92 Å². The average molecular weight is 468 g/mol. The van der Waals surface area contributed by atoms with Gasteiger partial charge in [-0.3, -0.25) is 14.4 Å². The van der Waals surface area contributed by atoms with Gasteiger partial charge in [0.05, 0.1) is 17.4 Å². The molecule has 1 aromatic carbocycles. The third-order valence-corrected chi connectivity index (χ3v) is 8.15. The number of carbonyl (C=O) groups is 3. The molecule has 1 aromatic rings. The molecular weight excluding hydrogens is 438 g/mol. The van der Waals surface area contributed by atoms with E-state index in [2.05, 4.69) is 5.32 Å². The van der Waals surface area contributed by atoms with Gasteiger partial charge >= 0.3 is 0 Å². The van der Waals surface area contributed by atoms with E-state index in [0.717, 1.165) is 5.75 Å². The van der Waals surface area contributed by atoms with Crippen molar-refractivity contribution in [1.82, 2.24) is 15.1 Å². The van der Waals surface area contributed by atoms with Crippen LogP contribution in [0.15, 0.2) is 30.3 Å². The van der Waals surface area contributed by atoms with Crippen LogP contribution >= 0.6 is 11.8 Å². The number of benzene rings is 1. The molecule has 8 nitrogen and oxygen atoms in total. The highest BCUT2D eigenvalue weighted by molar-refractivity contribution is 7.98. The molecule has 2 atom stereocenters. The van der Waals surface area contributed by atoms with Gasteiger partial charge in [0.1, 0.15) is 6.04 Å². The summed E-state index contributed by atoms with van der Waals surface area (Å²) in [5.74, 6) is -0.297. The van der Waals surface area contributed by atoms with Crippen LogP contribution in [0.4, 0.5) is 0 Å².